The molecule has 1 amide bonds. The molecule has 2 aromatic carbocycles. The predicted molar refractivity (Wildman–Crippen MR) is 95.8 cm³/mol. The number of pyridine rings is 1. The van der Waals surface area contributed by atoms with E-state index in [1.807, 2.05) is 49.4 Å². The van der Waals surface area contributed by atoms with Crippen molar-refractivity contribution in [1.29, 1.82) is 0 Å². The summed E-state index contributed by atoms with van der Waals surface area (Å²) >= 11 is 0. The highest BCUT2D eigenvalue weighted by Crippen LogP contribution is 2.19. The minimum absolute atomic E-state index is 0.323. The molecule has 0 saturated carbocycles. The first-order chi connectivity index (χ1) is 11.7. The van der Waals surface area contributed by atoms with E-state index in [9.17, 15) is 4.79 Å². The third kappa shape index (κ3) is 3.73. The number of nitrogens with one attached hydrogen (secondary N) is 1. The van der Waals surface area contributed by atoms with Crippen molar-refractivity contribution in [2.45, 2.75) is 6.92 Å². The molecule has 1 N–H and O–H groups in total. The summed E-state index contributed by atoms with van der Waals surface area (Å²) < 4.78 is 0. The van der Waals surface area contributed by atoms with Crippen LogP contribution >= 0.6 is 0 Å². The fourth-order valence-corrected chi connectivity index (χ4v) is 2.29. The van der Waals surface area contributed by atoms with Crippen molar-refractivity contribution in [3.63, 3.8) is 0 Å². The number of hydrogen-bond acceptors (Lipinski definition) is 3. The number of hydrazone groups is 1. The van der Waals surface area contributed by atoms with E-state index in [2.05, 4.69) is 27.6 Å². The van der Waals surface area contributed by atoms with E-state index < -0.39 is 0 Å². The zero-order chi connectivity index (χ0) is 16.8. The van der Waals surface area contributed by atoms with Crippen LogP contribution in [0.4, 0.5) is 0 Å². The van der Waals surface area contributed by atoms with Gasteiger partial charge in [0.15, 0.2) is 0 Å². The summed E-state index contributed by atoms with van der Waals surface area (Å²) in [5.41, 5.74) is 6.87. The molecule has 4 heteroatoms. The quantitative estimate of drug-likeness (QED) is 0.586. The maximum absolute atomic E-state index is 11.9. The third-order valence-electron chi connectivity index (χ3n) is 3.63. The van der Waals surface area contributed by atoms with Crippen LogP contribution in [0.2, 0.25) is 0 Å². The molecule has 0 radical (unpaired) electrons. The zero-order valence-corrected chi connectivity index (χ0v) is 13.3. The van der Waals surface area contributed by atoms with Crippen LogP contribution in [0.5, 0.6) is 0 Å². The summed E-state index contributed by atoms with van der Waals surface area (Å²) in [5.74, 6) is -0.323. The lowest BCUT2D eigenvalue weighted by molar-refractivity contribution is 0.0950. The Hall–Kier alpha value is -3.27. The molecule has 0 fully saturated rings. The van der Waals surface area contributed by atoms with Gasteiger partial charge < -0.3 is 0 Å². The molecule has 118 valence electrons. The fourth-order valence-electron chi connectivity index (χ4n) is 2.29. The lowest BCUT2D eigenvalue weighted by Crippen LogP contribution is -2.20. The number of carbonyl (C=O) groups excluding carboxylic acids is 1. The van der Waals surface area contributed by atoms with E-state index in [1.165, 1.54) is 5.56 Å². The Morgan fingerprint density at radius 2 is 1.54 bits per heavy atom. The molecule has 0 aliphatic heterocycles. The van der Waals surface area contributed by atoms with Crippen molar-refractivity contribution in [2.24, 2.45) is 5.10 Å². The van der Waals surface area contributed by atoms with Crippen LogP contribution in [0.25, 0.3) is 11.1 Å². The number of hydrogen-bond donors (Lipinski definition) is 1. The maximum Gasteiger partial charge on any atom is 0.289 e. The average molecular weight is 315 g/mol. The lowest BCUT2D eigenvalue weighted by Gasteiger charge is -2.05. The lowest BCUT2D eigenvalue weighted by atomic mass is 10.0. The fraction of sp³-hybridized carbons (Fsp3) is 0.0500. The second-order valence-corrected chi connectivity index (χ2v) is 5.30. The predicted octanol–water partition coefficient (Wildman–Crippen LogP) is 3.90. The van der Waals surface area contributed by atoms with Gasteiger partial charge in [-0.1, -0.05) is 60.7 Å². The number of amides is 1. The molecule has 3 rings (SSSR count). The molecular weight excluding hydrogens is 298 g/mol. The van der Waals surface area contributed by atoms with E-state index in [1.54, 1.807) is 24.4 Å². The first-order valence-electron chi connectivity index (χ1n) is 7.65. The molecule has 0 spiro atoms. The van der Waals surface area contributed by atoms with Gasteiger partial charge in [0.2, 0.25) is 0 Å². The Bertz CT molecular complexity index is 841. The van der Waals surface area contributed by atoms with Crippen molar-refractivity contribution in [1.82, 2.24) is 10.4 Å². The normalized spacial score (nSPS) is 11.1. The van der Waals surface area contributed by atoms with Crippen LogP contribution in [0.15, 0.2) is 84.1 Å². The van der Waals surface area contributed by atoms with Gasteiger partial charge in [-0.2, -0.15) is 5.10 Å². The Balaban J connectivity index is 1.71. The van der Waals surface area contributed by atoms with E-state index in [-0.39, 0.29) is 5.91 Å². The number of benzene rings is 2. The van der Waals surface area contributed by atoms with Crippen molar-refractivity contribution in [2.75, 3.05) is 0 Å². The average Bonchev–Trinajstić information content (AvgIpc) is 2.67. The molecule has 0 atom stereocenters. The molecule has 0 unspecified atom stereocenters. The molecule has 0 bridgehead atoms. The first-order valence-corrected chi connectivity index (χ1v) is 7.65. The topological polar surface area (TPSA) is 54.4 Å². The highest BCUT2D eigenvalue weighted by Gasteiger charge is 2.05. The SMILES string of the molecule is C/C(=N\NC(=O)c1ccccn1)c1ccc(-c2ccccc2)cc1. The van der Waals surface area contributed by atoms with Gasteiger partial charge in [0.05, 0.1) is 5.71 Å². The summed E-state index contributed by atoms with van der Waals surface area (Å²) in [6.45, 7) is 1.86. The van der Waals surface area contributed by atoms with Gasteiger partial charge in [0.25, 0.3) is 5.91 Å². The minimum atomic E-state index is -0.323. The van der Waals surface area contributed by atoms with Crippen molar-refractivity contribution >= 4 is 11.6 Å². The van der Waals surface area contributed by atoms with Crippen LogP contribution in [-0.2, 0) is 0 Å². The zero-order valence-electron chi connectivity index (χ0n) is 13.3. The summed E-state index contributed by atoms with van der Waals surface area (Å²) in [4.78, 5) is 15.9. The van der Waals surface area contributed by atoms with Gasteiger partial charge in [-0.25, -0.2) is 5.43 Å². The molecule has 0 aliphatic rings. The van der Waals surface area contributed by atoms with Gasteiger partial charge in [-0.05, 0) is 35.7 Å². The second kappa shape index (κ2) is 7.33. The van der Waals surface area contributed by atoms with E-state index in [0.717, 1.165) is 16.8 Å². The Morgan fingerprint density at radius 3 is 2.21 bits per heavy atom. The van der Waals surface area contributed by atoms with E-state index in [4.69, 9.17) is 0 Å². The van der Waals surface area contributed by atoms with E-state index in [0.29, 0.717) is 5.69 Å². The van der Waals surface area contributed by atoms with Gasteiger partial charge >= 0.3 is 0 Å². The summed E-state index contributed by atoms with van der Waals surface area (Å²) in [6.07, 6.45) is 1.58. The van der Waals surface area contributed by atoms with Crippen molar-refractivity contribution < 1.29 is 4.79 Å². The minimum Gasteiger partial charge on any atom is -0.266 e. The summed E-state index contributed by atoms with van der Waals surface area (Å²) in [7, 11) is 0. The monoisotopic (exact) mass is 315 g/mol. The highest BCUT2D eigenvalue weighted by atomic mass is 16.2. The largest absolute Gasteiger partial charge is 0.289 e. The number of aromatic nitrogens is 1. The molecule has 1 heterocycles. The molecule has 4 nitrogen and oxygen atoms in total. The van der Waals surface area contributed by atoms with Gasteiger partial charge in [-0.3, -0.25) is 9.78 Å². The van der Waals surface area contributed by atoms with Gasteiger partial charge in [0.1, 0.15) is 5.69 Å². The van der Waals surface area contributed by atoms with Gasteiger partial charge in [0, 0.05) is 6.20 Å². The Labute approximate surface area is 140 Å². The number of nitrogens with zero attached hydrogens (tertiary/aromatic N) is 2. The summed E-state index contributed by atoms with van der Waals surface area (Å²) in [5, 5.41) is 4.15. The maximum atomic E-state index is 11.9. The standard InChI is InChI=1S/C20H17N3O/c1-15(22-23-20(24)19-9-5-6-14-21-19)16-10-12-18(13-11-16)17-7-3-2-4-8-17/h2-14H,1H3,(H,23,24)/b22-15+. The Kier molecular flexibility index (Phi) is 4.77. The third-order valence-corrected chi connectivity index (χ3v) is 3.63. The van der Waals surface area contributed by atoms with Crippen molar-refractivity contribution in [3.05, 3.63) is 90.3 Å². The van der Waals surface area contributed by atoms with E-state index >= 15 is 0 Å². The van der Waals surface area contributed by atoms with Crippen molar-refractivity contribution in [3.8, 4) is 11.1 Å². The number of carbonyl (C=O) groups is 1. The molecule has 1 aromatic heterocycles. The van der Waals surface area contributed by atoms with Crippen LogP contribution in [0.3, 0.4) is 0 Å². The molecular formula is C20H17N3O. The first kappa shape index (κ1) is 15.6. The second-order valence-electron chi connectivity index (χ2n) is 5.30. The summed E-state index contributed by atoms with van der Waals surface area (Å²) in [6, 6.07) is 23.4. The van der Waals surface area contributed by atoms with Crippen LogP contribution in [0, 0.1) is 0 Å². The Morgan fingerprint density at radius 1 is 0.875 bits per heavy atom. The highest BCUT2D eigenvalue weighted by molar-refractivity contribution is 6.00. The molecule has 24 heavy (non-hydrogen) atoms. The van der Waals surface area contributed by atoms with Gasteiger partial charge in [-0.15, -0.1) is 0 Å². The number of rotatable bonds is 4. The molecule has 0 aliphatic carbocycles. The van der Waals surface area contributed by atoms with Crippen LogP contribution < -0.4 is 5.43 Å². The van der Waals surface area contributed by atoms with Crippen LogP contribution in [-0.4, -0.2) is 16.6 Å². The van der Waals surface area contributed by atoms with Crippen LogP contribution in [0.1, 0.15) is 23.0 Å². The molecule has 3 aromatic rings. The molecule has 0 saturated heterocycles. The smallest absolute Gasteiger partial charge is 0.266 e.